The Kier molecular flexibility index (Phi) is 2.98. The summed E-state index contributed by atoms with van der Waals surface area (Å²) >= 11 is 0. The van der Waals surface area contributed by atoms with Crippen LogP contribution in [0.1, 0.15) is 11.1 Å². The van der Waals surface area contributed by atoms with Crippen LogP contribution in [0.5, 0.6) is 0 Å². The molecule has 0 aliphatic heterocycles. The van der Waals surface area contributed by atoms with E-state index in [1.54, 1.807) is 24.4 Å². The molecule has 20 heavy (non-hydrogen) atoms. The van der Waals surface area contributed by atoms with Crippen molar-refractivity contribution < 1.29 is 4.52 Å². The van der Waals surface area contributed by atoms with E-state index in [1.165, 1.54) is 0 Å². The second-order valence-electron chi connectivity index (χ2n) is 4.33. The molecular formula is C15H10N4O. The Morgan fingerprint density at radius 2 is 2.10 bits per heavy atom. The predicted octanol–water partition coefficient (Wildman–Crippen LogP) is 2.98. The molecule has 0 bridgehead atoms. The van der Waals surface area contributed by atoms with Crippen LogP contribution in [0.2, 0.25) is 0 Å². The summed E-state index contributed by atoms with van der Waals surface area (Å²) in [6.45, 7) is 1.97. The van der Waals surface area contributed by atoms with Crippen molar-refractivity contribution in [1.29, 1.82) is 5.26 Å². The van der Waals surface area contributed by atoms with Crippen molar-refractivity contribution in [3.8, 4) is 29.0 Å². The third kappa shape index (κ3) is 2.27. The summed E-state index contributed by atoms with van der Waals surface area (Å²) in [5.41, 5.74) is 3.01. The van der Waals surface area contributed by atoms with E-state index in [1.807, 2.05) is 25.1 Å². The zero-order valence-electron chi connectivity index (χ0n) is 10.7. The van der Waals surface area contributed by atoms with Gasteiger partial charge in [-0.15, -0.1) is 0 Å². The van der Waals surface area contributed by atoms with Gasteiger partial charge in [-0.25, -0.2) is 0 Å². The minimum atomic E-state index is 0.375. The molecular weight excluding hydrogens is 252 g/mol. The maximum absolute atomic E-state index is 8.90. The van der Waals surface area contributed by atoms with E-state index >= 15 is 0 Å². The van der Waals surface area contributed by atoms with Gasteiger partial charge >= 0.3 is 0 Å². The first-order valence-electron chi connectivity index (χ1n) is 6.03. The molecule has 2 heterocycles. The Morgan fingerprint density at radius 3 is 2.90 bits per heavy atom. The second kappa shape index (κ2) is 4.94. The zero-order chi connectivity index (χ0) is 13.9. The molecule has 2 aromatic heterocycles. The lowest BCUT2D eigenvalue weighted by atomic mass is 10.1. The minimum absolute atomic E-state index is 0.375. The molecule has 5 heteroatoms. The van der Waals surface area contributed by atoms with Crippen molar-refractivity contribution in [2.75, 3.05) is 0 Å². The van der Waals surface area contributed by atoms with E-state index < -0.39 is 0 Å². The summed E-state index contributed by atoms with van der Waals surface area (Å²) in [5, 5.41) is 12.8. The topological polar surface area (TPSA) is 75.6 Å². The highest BCUT2D eigenvalue weighted by Crippen LogP contribution is 2.22. The van der Waals surface area contributed by atoms with Crippen molar-refractivity contribution in [2.45, 2.75) is 6.92 Å². The Morgan fingerprint density at radius 1 is 1.20 bits per heavy atom. The van der Waals surface area contributed by atoms with Crippen LogP contribution in [0.4, 0.5) is 0 Å². The van der Waals surface area contributed by atoms with Gasteiger partial charge in [0, 0.05) is 11.8 Å². The summed E-state index contributed by atoms with van der Waals surface area (Å²) in [4.78, 5) is 8.53. The fourth-order valence-corrected chi connectivity index (χ4v) is 1.83. The predicted molar refractivity (Wildman–Crippen MR) is 72.4 cm³/mol. The number of rotatable bonds is 2. The van der Waals surface area contributed by atoms with Gasteiger partial charge in [0.05, 0.1) is 11.6 Å². The van der Waals surface area contributed by atoms with Crippen LogP contribution >= 0.6 is 0 Å². The molecule has 96 valence electrons. The maximum atomic E-state index is 8.90. The average Bonchev–Trinajstić information content (AvgIpc) is 2.97. The summed E-state index contributed by atoms with van der Waals surface area (Å²) < 4.78 is 5.23. The van der Waals surface area contributed by atoms with Crippen LogP contribution in [0.25, 0.3) is 23.0 Å². The molecule has 0 aliphatic rings. The number of aromatic nitrogens is 3. The fourth-order valence-electron chi connectivity index (χ4n) is 1.83. The normalized spacial score (nSPS) is 10.2. The van der Waals surface area contributed by atoms with Gasteiger partial charge in [-0.1, -0.05) is 11.2 Å². The Bertz CT molecular complexity index is 801. The van der Waals surface area contributed by atoms with Crippen LogP contribution < -0.4 is 0 Å². The standard InChI is InChI=1S/C15H10N4O/c1-10-5-6-17-13(7-10)14-18-15(20-19-14)12-4-2-3-11(8-12)9-16/h2-8H,1H3. The molecule has 0 amide bonds. The molecule has 3 aromatic rings. The smallest absolute Gasteiger partial charge is 0.258 e. The summed E-state index contributed by atoms with van der Waals surface area (Å²) in [6.07, 6.45) is 1.71. The molecule has 3 rings (SSSR count). The van der Waals surface area contributed by atoms with Gasteiger partial charge in [0.2, 0.25) is 5.82 Å². The molecule has 0 fully saturated rings. The lowest BCUT2D eigenvalue weighted by Crippen LogP contribution is -1.86. The highest BCUT2D eigenvalue weighted by Gasteiger charge is 2.11. The van der Waals surface area contributed by atoms with Crippen LogP contribution in [0.15, 0.2) is 47.1 Å². The van der Waals surface area contributed by atoms with Gasteiger partial charge in [0.15, 0.2) is 0 Å². The van der Waals surface area contributed by atoms with Crippen molar-refractivity contribution in [1.82, 2.24) is 15.1 Å². The van der Waals surface area contributed by atoms with Gasteiger partial charge < -0.3 is 4.52 Å². The maximum Gasteiger partial charge on any atom is 0.258 e. The van der Waals surface area contributed by atoms with Crippen molar-refractivity contribution in [2.24, 2.45) is 0 Å². The SMILES string of the molecule is Cc1ccnc(-c2noc(-c3cccc(C#N)c3)n2)c1. The molecule has 0 N–H and O–H groups in total. The summed E-state index contributed by atoms with van der Waals surface area (Å²) in [6, 6.07) is 12.9. The van der Waals surface area contributed by atoms with E-state index in [9.17, 15) is 0 Å². The number of benzene rings is 1. The second-order valence-corrected chi connectivity index (χ2v) is 4.33. The zero-order valence-corrected chi connectivity index (χ0v) is 10.7. The Hall–Kier alpha value is -3.00. The van der Waals surface area contributed by atoms with Gasteiger partial charge in [-0.05, 0) is 42.8 Å². The van der Waals surface area contributed by atoms with Crippen LogP contribution in [0, 0.1) is 18.3 Å². The van der Waals surface area contributed by atoms with Gasteiger partial charge in [0.1, 0.15) is 5.69 Å². The van der Waals surface area contributed by atoms with E-state index in [-0.39, 0.29) is 0 Å². The molecule has 0 radical (unpaired) electrons. The van der Waals surface area contributed by atoms with E-state index in [2.05, 4.69) is 21.2 Å². The third-order valence-corrected chi connectivity index (χ3v) is 2.81. The first-order valence-corrected chi connectivity index (χ1v) is 6.03. The molecule has 0 unspecified atom stereocenters. The molecule has 0 aliphatic carbocycles. The lowest BCUT2D eigenvalue weighted by Gasteiger charge is -1.95. The third-order valence-electron chi connectivity index (χ3n) is 2.81. The highest BCUT2D eigenvalue weighted by molar-refractivity contribution is 5.59. The monoisotopic (exact) mass is 262 g/mol. The largest absolute Gasteiger partial charge is 0.334 e. The molecule has 0 spiro atoms. The van der Waals surface area contributed by atoms with Crippen molar-refractivity contribution >= 4 is 0 Å². The fraction of sp³-hybridized carbons (Fsp3) is 0.0667. The van der Waals surface area contributed by atoms with E-state index in [4.69, 9.17) is 9.78 Å². The lowest BCUT2D eigenvalue weighted by molar-refractivity contribution is 0.432. The molecule has 1 aromatic carbocycles. The number of pyridine rings is 1. The van der Waals surface area contributed by atoms with Crippen molar-refractivity contribution in [3.05, 3.63) is 53.7 Å². The van der Waals surface area contributed by atoms with E-state index in [0.717, 1.165) is 11.1 Å². The highest BCUT2D eigenvalue weighted by atomic mass is 16.5. The van der Waals surface area contributed by atoms with Gasteiger partial charge in [-0.2, -0.15) is 10.2 Å². The number of hydrogen-bond acceptors (Lipinski definition) is 5. The number of hydrogen-bond donors (Lipinski definition) is 0. The van der Waals surface area contributed by atoms with E-state index in [0.29, 0.717) is 23.0 Å². The number of aryl methyl sites for hydroxylation is 1. The molecule has 5 nitrogen and oxygen atoms in total. The van der Waals surface area contributed by atoms with Crippen LogP contribution in [0.3, 0.4) is 0 Å². The minimum Gasteiger partial charge on any atom is -0.334 e. The summed E-state index contributed by atoms with van der Waals surface area (Å²) in [7, 11) is 0. The first-order chi connectivity index (χ1) is 9.76. The first kappa shape index (κ1) is 12.1. The molecule has 0 saturated heterocycles. The van der Waals surface area contributed by atoms with Gasteiger partial charge in [-0.3, -0.25) is 4.98 Å². The average molecular weight is 262 g/mol. The van der Waals surface area contributed by atoms with Crippen molar-refractivity contribution in [3.63, 3.8) is 0 Å². The van der Waals surface area contributed by atoms with Crippen LogP contribution in [-0.2, 0) is 0 Å². The van der Waals surface area contributed by atoms with Crippen LogP contribution in [-0.4, -0.2) is 15.1 Å². The quantitative estimate of drug-likeness (QED) is 0.709. The molecule has 0 saturated carbocycles. The summed E-state index contributed by atoms with van der Waals surface area (Å²) in [5.74, 6) is 0.812. The Balaban J connectivity index is 2.00. The number of nitriles is 1. The molecule has 0 atom stereocenters. The Labute approximate surface area is 115 Å². The number of nitrogens with zero attached hydrogens (tertiary/aromatic N) is 4. The van der Waals surface area contributed by atoms with Gasteiger partial charge in [0.25, 0.3) is 5.89 Å².